The zero-order chi connectivity index (χ0) is 13.8. The molecule has 0 radical (unpaired) electrons. The average molecular weight is 274 g/mol. The van der Waals surface area contributed by atoms with Crippen molar-refractivity contribution in [2.45, 2.75) is 44.6 Å². The predicted octanol–water partition coefficient (Wildman–Crippen LogP) is 3.18. The fraction of sp³-hybridized carbons (Fsp3) is 0.647. The standard InChI is InChI=1S/C17H26N2O/c18-15-8-3-1-2-7-14(15)13-19-11-6-12-20-17-10-5-4-9-16(17)19/h4-5,9-10,14-15H,1-3,6-8,11-13,18H2. The topological polar surface area (TPSA) is 38.5 Å². The van der Waals surface area contributed by atoms with E-state index in [1.54, 1.807) is 0 Å². The molecule has 0 aromatic heterocycles. The van der Waals surface area contributed by atoms with E-state index in [9.17, 15) is 0 Å². The first-order valence-corrected chi connectivity index (χ1v) is 8.07. The Kier molecular flexibility index (Phi) is 4.46. The summed E-state index contributed by atoms with van der Waals surface area (Å²) in [5.74, 6) is 1.66. The van der Waals surface area contributed by atoms with Gasteiger partial charge in [0.1, 0.15) is 5.75 Å². The maximum absolute atomic E-state index is 6.40. The minimum atomic E-state index is 0.369. The van der Waals surface area contributed by atoms with Gasteiger partial charge in [0.25, 0.3) is 0 Å². The number of anilines is 1. The van der Waals surface area contributed by atoms with Crippen molar-refractivity contribution >= 4 is 5.69 Å². The highest BCUT2D eigenvalue weighted by molar-refractivity contribution is 5.59. The molecule has 2 atom stereocenters. The molecule has 2 N–H and O–H groups in total. The van der Waals surface area contributed by atoms with Gasteiger partial charge in [-0.1, -0.05) is 31.4 Å². The van der Waals surface area contributed by atoms with Gasteiger partial charge < -0.3 is 15.4 Å². The molecule has 3 rings (SSSR count). The lowest BCUT2D eigenvalue weighted by Gasteiger charge is -2.31. The summed E-state index contributed by atoms with van der Waals surface area (Å²) in [6.07, 6.45) is 7.56. The van der Waals surface area contributed by atoms with Crippen molar-refractivity contribution in [2.24, 2.45) is 11.7 Å². The number of ether oxygens (including phenoxy) is 1. The summed E-state index contributed by atoms with van der Waals surface area (Å²) in [7, 11) is 0. The molecule has 1 aromatic rings. The number of hydrogen-bond donors (Lipinski definition) is 1. The van der Waals surface area contributed by atoms with E-state index in [-0.39, 0.29) is 0 Å². The summed E-state index contributed by atoms with van der Waals surface area (Å²) in [4.78, 5) is 2.50. The number of nitrogens with zero attached hydrogens (tertiary/aromatic N) is 1. The van der Waals surface area contributed by atoms with E-state index < -0.39 is 0 Å². The molecule has 1 aromatic carbocycles. The van der Waals surface area contributed by atoms with Crippen LogP contribution in [0.1, 0.15) is 38.5 Å². The lowest BCUT2D eigenvalue weighted by molar-refractivity contribution is 0.322. The van der Waals surface area contributed by atoms with E-state index in [0.29, 0.717) is 12.0 Å². The first kappa shape index (κ1) is 13.7. The third kappa shape index (κ3) is 3.09. The van der Waals surface area contributed by atoms with Crippen molar-refractivity contribution < 1.29 is 4.74 Å². The highest BCUT2D eigenvalue weighted by Gasteiger charge is 2.25. The number of benzene rings is 1. The second kappa shape index (κ2) is 6.49. The molecule has 0 amide bonds. The summed E-state index contributed by atoms with van der Waals surface area (Å²) in [6.45, 7) is 2.99. The van der Waals surface area contributed by atoms with Crippen LogP contribution < -0.4 is 15.4 Å². The van der Waals surface area contributed by atoms with Crippen LogP contribution >= 0.6 is 0 Å². The maximum Gasteiger partial charge on any atom is 0.142 e. The molecular weight excluding hydrogens is 248 g/mol. The maximum atomic E-state index is 6.40. The van der Waals surface area contributed by atoms with Gasteiger partial charge in [0.15, 0.2) is 0 Å². The molecule has 1 aliphatic heterocycles. The lowest BCUT2D eigenvalue weighted by atomic mass is 9.94. The Morgan fingerprint density at radius 3 is 2.90 bits per heavy atom. The zero-order valence-corrected chi connectivity index (χ0v) is 12.3. The largest absolute Gasteiger partial charge is 0.491 e. The first-order valence-electron chi connectivity index (χ1n) is 8.07. The minimum absolute atomic E-state index is 0.369. The van der Waals surface area contributed by atoms with Gasteiger partial charge in [-0.25, -0.2) is 0 Å². The molecule has 0 bridgehead atoms. The van der Waals surface area contributed by atoms with Crippen molar-refractivity contribution in [3.8, 4) is 5.75 Å². The molecule has 1 heterocycles. The van der Waals surface area contributed by atoms with Crippen molar-refractivity contribution in [3.63, 3.8) is 0 Å². The summed E-state index contributed by atoms with van der Waals surface area (Å²) < 4.78 is 5.85. The van der Waals surface area contributed by atoms with Crippen LogP contribution in [-0.2, 0) is 0 Å². The molecule has 1 fully saturated rings. The first-order chi connectivity index (χ1) is 9.84. The van der Waals surface area contributed by atoms with Crippen molar-refractivity contribution in [3.05, 3.63) is 24.3 Å². The molecule has 0 saturated heterocycles. The highest BCUT2D eigenvalue weighted by Crippen LogP contribution is 2.32. The Labute approximate surface area is 122 Å². The van der Waals surface area contributed by atoms with E-state index in [0.717, 1.165) is 31.9 Å². The van der Waals surface area contributed by atoms with E-state index in [1.165, 1.54) is 37.8 Å². The Morgan fingerprint density at radius 1 is 1.10 bits per heavy atom. The molecule has 2 unspecified atom stereocenters. The van der Waals surface area contributed by atoms with Crippen LogP contribution in [0.3, 0.4) is 0 Å². The Hall–Kier alpha value is -1.22. The Morgan fingerprint density at radius 2 is 1.95 bits per heavy atom. The fourth-order valence-electron chi connectivity index (χ4n) is 3.51. The third-order valence-corrected chi connectivity index (χ3v) is 4.71. The van der Waals surface area contributed by atoms with Gasteiger partial charge >= 0.3 is 0 Å². The zero-order valence-electron chi connectivity index (χ0n) is 12.3. The van der Waals surface area contributed by atoms with Gasteiger partial charge in [0.2, 0.25) is 0 Å². The van der Waals surface area contributed by atoms with Crippen LogP contribution in [0.4, 0.5) is 5.69 Å². The quantitative estimate of drug-likeness (QED) is 0.842. The number of fused-ring (bicyclic) bond motifs is 1. The molecule has 3 nitrogen and oxygen atoms in total. The highest BCUT2D eigenvalue weighted by atomic mass is 16.5. The normalized spacial score (nSPS) is 27.1. The Balaban J connectivity index is 1.75. The summed E-state index contributed by atoms with van der Waals surface area (Å²) in [6, 6.07) is 8.80. The second-order valence-electron chi connectivity index (χ2n) is 6.18. The molecule has 0 spiro atoms. The van der Waals surface area contributed by atoms with Gasteiger partial charge in [0.05, 0.1) is 12.3 Å². The van der Waals surface area contributed by atoms with Crippen LogP contribution in [0.15, 0.2) is 24.3 Å². The van der Waals surface area contributed by atoms with Crippen molar-refractivity contribution in [2.75, 3.05) is 24.6 Å². The molecule has 1 saturated carbocycles. The number of rotatable bonds is 2. The van der Waals surface area contributed by atoms with E-state index in [1.807, 2.05) is 0 Å². The molecular formula is C17H26N2O. The van der Waals surface area contributed by atoms with Crippen LogP contribution in [0.25, 0.3) is 0 Å². The van der Waals surface area contributed by atoms with Crippen molar-refractivity contribution in [1.82, 2.24) is 0 Å². The number of nitrogens with two attached hydrogens (primary N) is 1. The molecule has 3 heteroatoms. The van der Waals surface area contributed by atoms with Gasteiger partial charge in [-0.15, -0.1) is 0 Å². The monoisotopic (exact) mass is 274 g/mol. The second-order valence-corrected chi connectivity index (χ2v) is 6.18. The van der Waals surface area contributed by atoms with Gasteiger partial charge in [0, 0.05) is 19.1 Å². The summed E-state index contributed by atoms with van der Waals surface area (Å²) in [5.41, 5.74) is 7.65. The van der Waals surface area contributed by atoms with E-state index in [4.69, 9.17) is 10.5 Å². The summed E-state index contributed by atoms with van der Waals surface area (Å²) in [5, 5.41) is 0. The van der Waals surface area contributed by atoms with Crippen LogP contribution in [0, 0.1) is 5.92 Å². The number of hydrogen-bond acceptors (Lipinski definition) is 3. The van der Waals surface area contributed by atoms with Crippen LogP contribution in [0.2, 0.25) is 0 Å². The Bertz CT molecular complexity index is 435. The van der Waals surface area contributed by atoms with Gasteiger partial charge in [-0.05, 0) is 37.3 Å². The number of para-hydroxylation sites is 2. The molecule has 20 heavy (non-hydrogen) atoms. The van der Waals surface area contributed by atoms with Crippen LogP contribution in [0.5, 0.6) is 5.75 Å². The third-order valence-electron chi connectivity index (χ3n) is 4.71. The smallest absolute Gasteiger partial charge is 0.142 e. The summed E-state index contributed by atoms with van der Waals surface area (Å²) >= 11 is 0. The van der Waals surface area contributed by atoms with E-state index >= 15 is 0 Å². The average Bonchev–Trinajstić information content (AvgIpc) is 2.79. The van der Waals surface area contributed by atoms with E-state index in [2.05, 4.69) is 29.2 Å². The van der Waals surface area contributed by atoms with Crippen molar-refractivity contribution in [1.29, 1.82) is 0 Å². The fourth-order valence-corrected chi connectivity index (χ4v) is 3.51. The van der Waals surface area contributed by atoms with Crippen LogP contribution in [-0.4, -0.2) is 25.7 Å². The SMILES string of the molecule is NC1CCCCCC1CN1CCCOc2ccccc21. The lowest BCUT2D eigenvalue weighted by Crippen LogP contribution is -2.39. The minimum Gasteiger partial charge on any atom is -0.491 e. The molecule has 110 valence electrons. The molecule has 2 aliphatic rings. The van der Waals surface area contributed by atoms with Gasteiger partial charge in [-0.3, -0.25) is 0 Å². The van der Waals surface area contributed by atoms with Gasteiger partial charge in [-0.2, -0.15) is 0 Å². The molecule has 1 aliphatic carbocycles. The predicted molar refractivity (Wildman–Crippen MR) is 83.3 cm³/mol.